The van der Waals surface area contributed by atoms with E-state index >= 15 is 0 Å². The number of likely N-dealkylation sites (tertiary alicyclic amines) is 1. The van der Waals surface area contributed by atoms with E-state index in [4.69, 9.17) is 5.73 Å². The summed E-state index contributed by atoms with van der Waals surface area (Å²) in [7, 11) is 0.215. The van der Waals surface area contributed by atoms with Crippen LogP contribution in [0.2, 0.25) is 0 Å². The van der Waals surface area contributed by atoms with E-state index in [1.807, 2.05) is 25.9 Å². The van der Waals surface area contributed by atoms with Crippen LogP contribution >= 0.6 is 0 Å². The van der Waals surface area contributed by atoms with Crippen LogP contribution in [0.15, 0.2) is 17.2 Å². The number of nitrogen functional groups attached to an aromatic ring is 1. The molecule has 7 nitrogen and oxygen atoms in total. The molecule has 0 aromatic carbocycles. The van der Waals surface area contributed by atoms with Crippen LogP contribution in [-0.2, 0) is 10.0 Å². The maximum absolute atomic E-state index is 13.3. The summed E-state index contributed by atoms with van der Waals surface area (Å²) in [4.78, 5) is 8.50. The predicted molar refractivity (Wildman–Crippen MR) is 101 cm³/mol. The molecule has 2 rings (SSSR count). The second-order valence-electron chi connectivity index (χ2n) is 6.99. The number of likely N-dealkylation sites (N-methyl/N-ethyl adjacent to an activating group) is 2. The monoisotopic (exact) mass is 369 g/mol. The Morgan fingerprint density at radius 3 is 2.72 bits per heavy atom. The quantitative estimate of drug-likeness (QED) is 0.736. The molecular formula is C17H31N5O2S. The zero-order valence-corrected chi connectivity index (χ0v) is 16.6. The molecule has 0 unspecified atom stereocenters. The lowest BCUT2D eigenvalue weighted by Crippen LogP contribution is -2.45. The highest BCUT2D eigenvalue weighted by Crippen LogP contribution is 2.25. The molecule has 1 atom stereocenters. The summed E-state index contributed by atoms with van der Waals surface area (Å²) in [6.07, 6.45) is 3.74. The molecular weight excluding hydrogens is 338 g/mol. The van der Waals surface area contributed by atoms with Gasteiger partial charge in [-0.2, -0.15) is 4.31 Å². The Kier molecular flexibility index (Phi) is 6.79. The number of nitrogens with zero attached hydrogens (tertiary/aromatic N) is 4. The molecule has 0 bridgehead atoms. The van der Waals surface area contributed by atoms with Crippen LogP contribution in [0.25, 0.3) is 0 Å². The number of aryl methyl sites for hydroxylation is 1. The lowest BCUT2D eigenvalue weighted by atomic mass is 10.2. The first-order valence-electron chi connectivity index (χ1n) is 8.86. The van der Waals surface area contributed by atoms with E-state index in [1.54, 1.807) is 16.6 Å². The molecule has 0 radical (unpaired) electrons. The van der Waals surface area contributed by atoms with E-state index in [0.29, 0.717) is 19.6 Å². The van der Waals surface area contributed by atoms with Gasteiger partial charge in [0.25, 0.3) is 0 Å². The van der Waals surface area contributed by atoms with Crippen molar-refractivity contribution in [3.63, 3.8) is 0 Å². The van der Waals surface area contributed by atoms with Gasteiger partial charge in [-0.15, -0.1) is 0 Å². The molecule has 1 saturated heterocycles. The molecule has 2 N–H and O–H groups in total. The number of pyridine rings is 1. The van der Waals surface area contributed by atoms with Crippen molar-refractivity contribution in [2.45, 2.75) is 37.6 Å². The predicted octanol–water partition coefficient (Wildman–Crippen LogP) is 1.01. The molecule has 0 saturated carbocycles. The van der Waals surface area contributed by atoms with Crippen LogP contribution in [0.3, 0.4) is 0 Å². The largest absolute Gasteiger partial charge is 0.383 e. The van der Waals surface area contributed by atoms with Crippen LogP contribution in [0.4, 0.5) is 5.82 Å². The van der Waals surface area contributed by atoms with Crippen molar-refractivity contribution in [1.82, 2.24) is 19.1 Å². The van der Waals surface area contributed by atoms with Gasteiger partial charge in [-0.05, 0) is 58.6 Å². The van der Waals surface area contributed by atoms with Gasteiger partial charge in [0, 0.05) is 31.9 Å². The van der Waals surface area contributed by atoms with Gasteiger partial charge in [0.1, 0.15) is 10.7 Å². The number of nitrogens with two attached hydrogens (primary N) is 1. The molecule has 0 amide bonds. The van der Waals surface area contributed by atoms with E-state index in [1.165, 1.54) is 0 Å². The van der Waals surface area contributed by atoms with Gasteiger partial charge < -0.3 is 10.6 Å². The Bertz CT molecular complexity index is 678. The van der Waals surface area contributed by atoms with Crippen molar-refractivity contribution in [3.05, 3.63) is 17.8 Å². The second kappa shape index (κ2) is 8.44. The zero-order chi connectivity index (χ0) is 18.6. The SMILES string of the molecule is CCN1CCC[C@@H]1CN(CCN(C)C)S(=O)(=O)c1cc(C)cnc1N. The topological polar surface area (TPSA) is 82.8 Å². The molecule has 1 aliphatic rings. The highest BCUT2D eigenvalue weighted by molar-refractivity contribution is 7.89. The van der Waals surface area contributed by atoms with E-state index in [-0.39, 0.29) is 16.8 Å². The Balaban J connectivity index is 2.31. The summed E-state index contributed by atoms with van der Waals surface area (Å²) in [5.41, 5.74) is 6.68. The van der Waals surface area contributed by atoms with Crippen LogP contribution in [0.1, 0.15) is 25.3 Å². The molecule has 0 aliphatic carbocycles. The summed E-state index contributed by atoms with van der Waals surface area (Å²) in [5.74, 6) is 0.0687. The van der Waals surface area contributed by atoms with Gasteiger partial charge in [-0.25, -0.2) is 13.4 Å². The molecule has 1 aromatic heterocycles. The fourth-order valence-electron chi connectivity index (χ4n) is 3.27. The van der Waals surface area contributed by atoms with Crippen molar-refractivity contribution in [2.24, 2.45) is 0 Å². The number of sulfonamides is 1. The smallest absolute Gasteiger partial charge is 0.246 e. The van der Waals surface area contributed by atoms with Crippen LogP contribution in [0, 0.1) is 6.92 Å². The number of aromatic nitrogens is 1. The molecule has 1 fully saturated rings. The number of hydrogen-bond donors (Lipinski definition) is 1. The lowest BCUT2D eigenvalue weighted by Gasteiger charge is -2.30. The van der Waals surface area contributed by atoms with E-state index in [0.717, 1.165) is 31.5 Å². The molecule has 142 valence electrons. The summed E-state index contributed by atoms with van der Waals surface area (Å²) < 4.78 is 28.1. The van der Waals surface area contributed by atoms with Gasteiger partial charge in [0.15, 0.2) is 0 Å². The lowest BCUT2D eigenvalue weighted by molar-refractivity contribution is 0.220. The van der Waals surface area contributed by atoms with Gasteiger partial charge >= 0.3 is 0 Å². The summed E-state index contributed by atoms with van der Waals surface area (Å²) in [6, 6.07) is 1.88. The molecule has 1 aromatic rings. The van der Waals surface area contributed by atoms with Gasteiger partial charge in [-0.3, -0.25) is 4.90 Å². The first-order valence-corrected chi connectivity index (χ1v) is 10.3. The highest BCUT2D eigenvalue weighted by Gasteiger charge is 2.32. The Labute approximate surface area is 151 Å². The second-order valence-corrected chi connectivity index (χ2v) is 8.89. The van der Waals surface area contributed by atoms with Crippen molar-refractivity contribution in [1.29, 1.82) is 0 Å². The third-order valence-electron chi connectivity index (χ3n) is 4.75. The standard InChI is InChI=1S/C17H31N5O2S/c1-5-21-8-6-7-15(21)13-22(10-9-20(3)4)25(23,24)16-11-14(2)12-19-17(16)18/h11-12,15H,5-10,13H2,1-4H3,(H2,18,19)/t15-/m1/s1. The average Bonchev–Trinajstić information content (AvgIpc) is 3.00. The maximum atomic E-state index is 13.3. The molecule has 25 heavy (non-hydrogen) atoms. The van der Waals surface area contributed by atoms with E-state index in [2.05, 4.69) is 16.8 Å². The minimum absolute atomic E-state index is 0.0687. The van der Waals surface area contributed by atoms with Crippen molar-refractivity contribution in [2.75, 3.05) is 52.6 Å². The van der Waals surface area contributed by atoms with Gasteiger partial charge in [0.05, 0.1) is 0 Å². The third kappa shape index (κ3) is 4.91. The first kappa shape index (κ1) is 20.1. The van der Waals surface area contributed by atoms with E-state index in [9.17, 15) is 8.42 Å². The van der Waals surface area contributed by atoms with Crippen molar-refractivity contribution >= 4 is 15.8 Å². The Hall–Kier alpha value is -1.22. The number of hydrogen-bond acceptors (Lipinski definition) is 6. The van der Waals surface area contributed by atoms with E-state index < -0.39 is 10.0 Å². The minimum atomic E-state index is -3.68. The van der Waals surface area contributed by atoms with Crippen LogP contribution in [0.5, 0.6) is 0 Å². The number of anilines is 1. The van der Waals surface area contributed by atoms with Crippen LogP contribution in [-0.4, -0.2) is 80.4 Å². The average molecular weight is 370 g/mol. The normalized spacial score (nSPS) is 19.2. The molecule has 1 aliphatic heterocycles. The fraction of sp³-hybridized carbons (Fsp3) is 0.706. The maximum Gasteiger partial charge on any atom is 0.246 e. The number of rotatable bonds is 8. The minimum Gasteiger partial charge on any atom is -0.383 e. The van der Waals surface area contributed by atoms with Gasteiger partial charge in [-0.1, -0.05) is 6.92 Å². The third-order valence-corrected chi connectivity index (χ3v) is 6.65. The van der Waals surface area contributed by atoms with Crippen molar-refractivity contribution < 1.29 is 8.42 Å². The van der Waals surface area contributed by atoms with Crippen molar-refractivity contribution in [3.8, 4) is 0 Å². The zero-order valence-electron chi connectivity index (χ0n) is 15.8. The summed E-state index contributed by atoms with van der Waals surface area (Å²) >= 11 is 0. The molecule has 8 heteroatoms. The summed E-state index contributed by atoms with van der Waals surface area (Å²) in [6.45, 7) is 7.54. The van der Waals surface area contributed by atoms with Gasteiger partial charge in [0.2, 0.25) is 10.0 Å². The summed E-state index contributed by atoms with van der Waals surface area (Å²) in [5, 5.41) is 0. The Morgan fingerprint density at radius 2 is 2.08 bits per heavy atom. The fourth-order valence-corrected chi connectivity index (χ4v) is 4.89. The Morgan fingerprint density at radius 1 is 1.36 bits per heavy atom. The highest BCUT2D eigenvalue weighted by atomic mass is 32.2. The first-order chi connectivity index (χ1) is 11.8. The molecule has 2 heterocycles. The molecule has 0 spiro atoms. The van der Waals surface area contributed by atoms with Crippen LogP contribution < -0.4 is 5.73 Å².